The molecule has 0 fully saturated rings. The number of rotatable bonds is 5. The quantitative estimate of drug-likeness (QED) is 0.232. The van der Waals surface area contributed by atoms with E-state index in [1.54, 1.807) is 39.8 Å². The van der Waals surface area contributed by atoms with Crippen molar-refractivity contribution in [3.05, 3.63) is 83.0 Å². The van der Waals surface area contributed by atoms with Crippen LogP contribution >= 0.6 is 12.4 Å². The van der Waals surface area contributed by atoms with E-state index < -0.39 is 11.0 Å². The van der Waals surface area contributed by atoms with Gasteiger partial charge in [0.1, 0.15) is 17.0 Å². The van der Waals surface area contributed by atoms with Crippen LogP contribution in [0.2, 0.25) is 0 Å². The first kappa shape index (κ1) is 33.8. The van der Waals surface area contributed by atoms with Crippen molar-refractivity contribution in [1.82, 2.24) is 15.2 Å². The van der Waals surface area contributed by atoms with E-state index >= 15 is 0 Å². The van der Waals surface area contributed by atoms with Gasteiger partial charge in [-0.25, -0.2) is 20.3 Å². The maximum atomic E-state index is 12.8. The van der Waals surface area contributed by atoms with E-state index in [-0.39, 0.29) is 42.3 Å². The smallest absolute Gasteiger partial charge is 0.284 e. The molecule has 0 unspecified atom stereocenters. The number of nitriles is 1. The lowest BCUT2D eigenvalue weighted by atomic mass is 9.90. The molecule has 9 nitrogen and oxygen atoms in total. The van der Waals surface area contributed by atoms with Gasteiger partial charge in [-0.1, -0.05) is 0 Å². The molecule has 0 atom stereocenters. The molecule has 0 bridgehead atoms. The first-order valence-electron chi connectivity index (χ1n) is 10.9. The van der Waals surface area contributed by atoms with Crippen molar-refractivity contribution >= 4 is 24.1 Å². The number of Topliss-reactive ketones (excluding diaryl/α,β-unsaturated/α-hetero) is 1. The lowest BCUT2D eigenvalue weighted by Crippen LogP contribution is -2.29. The van der Waals surface area contributed by atoms with E-state index in [1.807, 2.05) is 6.07 Å². The summed E-state index contributed by atoms with van der Waals surface area (Å²) < 4.78 is 29.7. The van der Waals surface area contributed by atoms with Crippen molar-refractivity contribution in [3.63, 3.8) is 0 Å². The predicted molar refractivity (Wildman–Crippen MR) is 142 cm³/mol. The minimum Gasteiger partial charge on any atom is -0.481 e. The molecule has 2 aromatic carbocycles. The Morgan fingerprint density at radius 2 is 1.63 bits per heavy atom. The summed E-state index contributed by atoms with van der Waals surface area (Å²) in [7, 11) is 1.41. The van der Waals surface area contributed by atoms with Gasteiger partial charge >= 0.3 is 0 Å². The third-order valence-corrected chi connectivity index (χ3v) is 4.92. The van der Waals surface area contributed by atoms with Crippen LogP contribution in [0.5, 0.6) is 0 Å². The predicted octanol–water partition coefficient (Wildman–Crippen LogP) is 5.05. The van der Waals surface area contributed by atoms with Crippen LogP contribution in [0.1, 0.15) is 39.1 Å². The van der Waals surface area contributed by atoms with Crippen LogP contribution in [0.4, 0.5) is 8.78 Å². The summed E-state index contributed by atoms with van der Waals surface area (Å²) in [6.07, 6.45) is 0. The molecule has 4 N–H and O–H groups in total. The summed E-state index contributed by atoms with van der Waals surface area (Å²) in [5, 5.41) is 22.3. The second-order valence-electron chi connectivity index (χ2n) is 8.59. The average Bonchev–Trinajstić information content (AvgIpc) is 3.40. The van der Waals surface area contributed by atoms with Crippen molar-refractivity contribution < 1.29 is 18.3 Å². The van der Waals surface area contributed by atoms with Gasteiger partial charge in [-0.05, 0) is 62.4 Å². The Morgan fingerprint density at radius 3 is 2.03 bits per heavy atom. The number of hydrogen-bond donors (Lipinski definition) is 3. The fraction of sp³-hybridized carbons (Fsp3) is 0.308. The molecule has 0 amide bonds. The second kappa shape index (κ2) is 15.2. The van der Waals surface area contributed by atoms with Crippen molar-refractivity contribution in [2.45, 2.75) is 33.2 Å². The molecule has 12 heteroatoms. The summed E-state index contributed by atoms with van der Waals surface area (Å²) in [5.41, 5.74) is 4.69. The number of nitrogens with one attached hydrogen (secondary N) is 2. The van der Waals surface area contributed by atoms with Crippen LogP contribution in [0.3, 0.4) is 0 Å². The number of ketones is 1. The Kier molecular flexibility index (Phi) is 13.5. The highest BCUT2D eigenvalue weighted by atomic mass is 35.5. The van der Waals surface area contributed by atoms with Gasteiger partial charge in [-0.2, -0.15) is 10.4 Å². The normalized spacial score (nSPS) is 10.2. The van der Waals surface area contributed by atoms with Crippen LogP contribution < -0.4 is 5.73 Å². The molecule has 1 heterocycles. The highest BCUT2D eigenvalue weighted by Gasteiger charge is 2.30. The number of ether oxygens (including phenoxy) is 1. The molecule has 202 valence electrons. The monoisotopic (exact) mass is 545 g/mol. The zero-order valence-corrected chi connectivity index (χ0v) is 22.5. The van der Waals surface area contributed by atoms with Gasteiger partial charge in [0.05, 0.1) is 19.7 Å². The van der Waals surface area contributed by atoms with Gasteiger partial charge in [-0.15, -0.1) is 12.4 Å². The molecule has 0 saturated heterocycles. The van der Waals surface area contributed by atoms with Gasteiger partial charge in [-0.3, -0.25) is 15.3 Å². The summed E-state index contributed by atoms with van der Waals surface area (Å²) in [6.45, 7) is 13.7. The lowest BCUT2D eigenvalue weighted by Gasteiger charge is -2.10. The fourth-order valence-electron chi connectivity index (χ4n) is 2.35. The first-order valence-corrected chi connectivity index (χ1v) is 10.9. The van der Waals surface area contributed by atoms with E-state index in [4.69, 9.17) is 23.0 Å². The Labute approximate surface area is 226 Å². The highest BCUT2D eigenvalue weighted by molar-refractivity contribution is 5.91. The standard InChI is InChI=1S/C12H11FN4.C8H8FNO.C6H10N2O.ClH/c1-12(2,14-3)11-15-10(16-17-11)8-4-6-9(13)7-5-8;1-11-8(10)6-2-4-7(9)5-3-6;1-6(2,4-8)5(9)3-7;/h4-7H,1-2H3,(H,15,16,17);2-5,10H,1H3;3,7H2,1-2H3;1H. The number of benzene rings is 2. The van der Waals surface area contributed by atoms with Gasteiger partial charge < -0.3 is 15.3 Å². The van der Waals surface area contributed by atoms with Crippen LogP contribution in [-0.2, 0) is 15.1 Å². The number of nitrogens with two attached hydrogens (primary N) is 1. The summed E-state index contributed by atoms with van der Waals surface area (Å²) in [5.74, 6) is 0.196. The molecular formula is C26H30ClF2N7O2. The molecule has 0 saturated carbocycles. The largest absolute Gasteiger partial charge is 0.481 e. The maximum Gasteiger partial charge on any atom is 0.284 e. The maximum absolute atomic E-state index is 12.8. The van der Waals surface area contributed by atoms with E-state index in [1.165, 1.54) is 43.5 Å². The number of aromatic nitrogens is 3. The number of H-pyrrole nitrogens is 1. The topological polar surface area (TPSA) is 146 Å². The molecule has 38 heavy (non-hydrogen) atoms. The molecule has 3 aromatic rings. The summed E-state index contributed by atoms with van der Waals surface area (Å²) in [4.78, 5) is 18.4. The molecule has 3 rings (SSSR count). The molecule has 0 aliphatic rings. The third-order valence-electron chi connectivity index (χ3n) is 4.92. The van der Waals surface area contributed by atoms with Crippen molar-refractivity contribution in [2.24, 2.45) is 11.1 Å². The van der Waals surface area contributed by atoms with Crippen LogP contribution in [0.15, 0.2) is 48.5 Å². The van der Waals surface area contributed by atoms with E-state index in [2.05, 4.69) is 24.8 Å². The number of methoxy groups -OCH3 is 1. The number of aromatic amines is 1. The molecule has 0 aliphatic carbocycles. The minimum absolute atomic E-state index is 0. The van der Waals surface area contributed by atoms with Gasteiger partial charge in [0.15, 0.2) is 11.6 Å². The van der Waals surface area contributed by atoms with Crippen molar-refractivity contribution in [1.29, 1.82) is 10.7 Å². The number of carbonyl (C=O) groups is 1. The lowest BCUT2D eigenvalue weighted by molar-refractivity contribution is -0.123. The number of nitrogens with zero attached hydrogens (tertiary/aromatic N) is 4. The molecule has 1 aromatic heterocycles. The van der Waals surface area contributed by atoms with Gasteiger partial charge in [0, 0.05) is 25.0 Å². The van der Waals surface area contributed by atoms with E-state index in [0.717, 1.165) is 5.56 Å². The Bertz CT molecular complexity index is 1280. The third kappa shape index (κ3) is 10.1. The fourth-order valence-corrected chi connectivity index (χ4v) is 2.35. The Hall–Kier alpha value is -4.19. The van der Waals surface area contributed by atoms with Gasteiger partial charge in [0.25, 0.3) is 5.54 Å². The second-order valence-corrected chi connectivity index (χ2v) is 8.59. The Balaban J connectivity index is 0.000000570. The zero-order valence-electron chi connectivity index (χ0n) is 21.7. The van der Waals surface area contributed by atoms with E-state index in [0.29, 0.717) is 17.2 Å². The molecule has 0 spiro atoms. The summed E-state index contributed by atoms with van der Waals surface area (Å²) in [6, 6.07) is 13.4. The van der Waals surface area contributed by atoms with Gasteiger partial charge in [0.2, 0.25) is 11.7 Å². The molecule has 0 radical (unpaired) electrons. The average molecular weight is 546 g/mol. The SMILES string of the molecule is CC(C)(C#N)C(=O)CN.COC(=N)c1ccc(F)cc1.Cl.[C-]#[N+]C(C)(C)c1nc(-c2ccc(F)cc2)n[nH]1. The zero-order chi connectivity index (χ0) is 28.2. The first-order chi connectivity index (χ1) is 17.3. The van der Waals surface area contributed by atoms with E-state index in [9.17, 15) is 13.6 Å². The van der Waals surface area contributed by atoms with Crippen molar-refractivity contribution in [3.8, 4) is 17.5 Å². The van der Waals surface area contributed by atoms with Crippen LogP contribution in [0, 0.1) is 40.4 Å². The van der Waals surface area contributed by atoms with Crippen LogP contribution in [-0.4, -0.2) is 40.5 Å². The number of carbonyl (C=O) groups excluding carboxylic acids is 1. The number of halogens is 3. The minimum atomic E-state index is -0.908. The van der Waals surface area contributed by atoms with Crippen molar-refractivity contribution in [2.75, 3.05) is 13.7 Å². The summed E-state index contributed by atoms with van der Waals surface area (Å²) >= 11 is 0. The van der Waals surface area contributed by atoms with Crippen LogP contribution in [0.25, 0.3) is 16.2 Å². The highest BCUT2D eigenvalue weighted by Crippen LogP contribution is 2.23. The molecule has 0 aliphatic heterocycles. The molecular weight excluding hydrogens is 516 g/mol. The Morgan fingerprint density at radius 1 is 1.13 bits per heavy atom. The number of hydrogen-bond acceptors (Lipinski definition) is 7.